The summed E-state index contributed by atoms with van der Waals surface area (Å²) >= 11 is 0. The highest BCUT2D eigenvalue weighted by molar-refractivity contribution is 5.34. The van der Waals surface area contributed by atoms with Crippen LogP contribution < -0.4 is 0 Å². The summed E-state index contributed by atoms with van der Waals surface area (Å²) in [5.74, 6) is 0. The third kappa shape index (κ3) is 3.17. The highest BCUT2D eigenvalue weighted by Gasteiger charge is 2.04. The lowest BCUT2D eigenvalue weighted by Crippen LogP contribution is -1.90. The highest BCUT2D eigenvalue weighted by atomic mass is 16.6. The molecule has 0 fully saturated rings. The van der Waals surface area contributed by atoms with Gasteiger partial charge in [0.1, 0.15) is 0 Å². The van der Waals surface area contributed by atoms with Gasteiger partial charge in [0.2, 0.25) is 0 Å². The lowest BCUT2D eigenvalue weighted by atomic mass is 10.1. The average Bonchev–Trinajstić information content (AvgIpc) is 2.19. The number of aryl methyl sites for hydroxylation is 1. The Morgan fingerprint density at radius 3 is 2.79 bits per heavy atom. The molecule has 1 rings (SSSR count). The molecule has 0 aliphatic heterocycles. The van der Waals surface area contributed by atoms with Gasteiger partial charge in [0, 0.05) is 12.1 Å². The lowest BCUT2D eigenvalue weighted by molar-refractivity contribution is -0.384. The maximum Gasteiger partial charge on any atom is 0.269 e. The summed E-state index contributed by atoms with van der Waals surface area (Å²) < 4.78 is 0. The molecule has 3 nitrogen and oxygen atoms in total. The molecule has 14 heavy (non-hydrogen) atoms. The van der Waals surface area contributed by atoms with Gasteiger partial charge in [0.25, 0.3) is 5.69 Å². The van der Waals surface area contributed by atoms with Crippen LogP contribution in [0.4, 0.5) is 5.69 Å². The molecular formula is C11H14NO2. The predicted molar refractivity (Wildman–Crippen MR) is 56.0 cm³/mol. The van der Waals surface area contributed by atoms with Gasteiger partial charge < -0.3 is 0 Å². The smallest absolute Gasteiger partial charge is 0.258 e. The van der Waals surface area contributed by atoms with Crippen molar-refractivity contribution in [3.8, 4) is 0 Å². The number of nitrogens with zero attached hydrogens (tertiary/aromatic N) is 1. The number of nitro benzene ring substituents is 1. The number of hydrogen-bond donors (Lipinski definition) is 0. The van der Waals surface area contributed by atoms with E-state index in [9.17, 15) is 10.1 Å². The summed E-state index contributed by atoms with van der Waals surface area (Å²) in [5.41, 5.74) is 1.21. The van der Waals surface area contributed by atoms with E-state index in [1.807, 2.05) is 6.07 Å². The van der Waals surface area contributed by atoms with E-state index in [1.165, 1.54) is 6.07 Å². The minimum atomic E-state index is -0.356. The fourth-order valence-electron chi connectivity index (χ4n) is 1.33. The third-order valence-electron chi connectivity index (χ3n) is 2.09. The van der Waals surface area contributed by atoms with Gasteiger partial charge in [0.15, 0.2) is 0 Å². The second-order valence-electron chi connectivity index (χ2n) is 3.24. The summed E-state index contributed by atoms with van der Waals surface area (Å²) in [4.78, 5) is 10.1. The fourth-order valence-corrected chi connectivity index (χ4v) is 1.33. The average molecular weight is 192 g/mol. The number of benzene rings is 1. The molecule has 0 spiro atoms. The molecule has 75 valence electrons. The summed E-state index contributed by atoms with van der Waals surface area (Å²) in [5, 5.41) is 10.5. The van der Waals surface area contributed by atoms with E-state index >= 15 is 0 Å². The molecule has 0 saturated heterocycles. The van der Waals surface area contributed by atoms with Crippen molar-refractivity contribution in [3.05, 3.63) is 46.9 Å². The second-order valence-corrected chi connectivity index (χ2v) is 3.24. The molecule has 3 heteroatoms. The van der Waals surface area contributed by atoms with Crippen molar-refractivity contribution in [2.24, 2.45) is 0 Å². The topological polar surface area (TPSA) is 43.1 Å². The molecule has 0 bridgehead atoms. The molecule has 1 aromatic rings. The number of non-ortho nitro benzene ring substituents is 1. The molecule has 0 aromatic heterocycles. The van der Waals surface area contributed by atoms with Crippen molar-refractivity contribution in [2.45, 2.75) is 25.7 Å². The quantitative estimate of drug-likeness (QED) is 0.408. The Bertz CT molecular complexity index is 310. The van der Waals surface area contributed by atoms with Crippen molar-refractivity contribution in [2.75, 3.05) is 0 Å². The van der Waals surface area contributed by atoms with Gasteiger partial charge in [-0.3, -0.25) is 10.1 Å². The van der Waals surface area contributed by atoms with E-state index in [0.717, 1.165) is 31.2 Å². The van der Waals surface area contributed by atoms with Crippen LogP contribution in [-0.2, 0) is 6.42 Å². The Labute approximate surface area is 83.9 Å². The van der Waals surface area contributed by atoms with E-state index in [2.05, 4.69) is 6.92 Å². The largest absolute Gasteiger partial charge is 0.269 e. The third-order valence-corrected chi connectivity index (χ3v) is 2.09. The van der Waals surface area contributed by atoms with Crippen LogP contribution >= 0.6 is 0 Å². The number of nitro groups is 1. The normalized spacial score (nSPS) is 10.1. The molecule has 1 aromatic carbocycles. The van der Waals surface area contributed by atoms with Crippen LogP contribution in [0.3, 0.4) is 0 Å². The van der Waals surface area contributed by atoms with Gasteiger partial charge >= 0.3 is 0 Å². The molecule has 0 atom stereocenters. The van der Waals surface area contributed by atoms with Crippen molar-refractivity contribution < 1.29 is 4.92 Å². The number of rotatable bonds is 5. The Kier molecular flexibility index (Phi) is 4.11. The Hall–Kier alpha value is -1.38. The van der Waals surface area contributed by atoms with Gasteiger partial charge in [-0.2, -0.15) is 0 Å². The minimum absolute atomic E-state index is 0.178. The summed E-state index contributed by atoms with van der Waals surface area (Å²) in [7, 11) is 0. The van der Waals surface area contributed by atoms with E-state index in [1.54, 1.807) is 12.1 Å². The van der Waals surface area contributed by atoms with Crippen molar-refractivity contribution in [1.29, 1.82) is 0 Å². The first-order valence-electron chi connectivity index (χ1n) is 4.76. The van der Waals surface area contributed by atoms with Crippen molar-refractivity contribution in [3.63, 3.8) is 0 Å². The molecule has 1 radical (unpaired) electrons. The maximum absolute atomic E-state index is 10.5. The van der Waals surface area contributed by atoms with Crippen LogP contribution in [0.5, 0.6) is 0 Å². The molecule has 0 N–H and O–H groups in total. The van der Waals surface area contributed by atoms with Gasteiger partial charge in [-0.1, -0.05) is 31.9 Å². The maximum atomic E-state index is 10.5. The molecule has 0 saturated carbocycles. The van der Waals surface area contributed by atoms with Gasteiger partial charge in [-0.25, -0.2) is 0 Å². The Balaban J connectivity index is 2.59. The zero-order chi connectivity index (χ0) is 10.4. The Morgan fingerprint density at radius 1 is 1.36 bits per heavy atom. The second kappa shape index (κ2) is 5.37. The summed E-state index contributed by atoms with van der Waals surface area (Å²) in [6, 6.07) is 6.82. The fraction of sp³-hybridized carbons (Fsp3) is 0.364. The van der Waals surface area contributed by atoms with Crippen LogP contribution in [-0.4, -0.2) is 4.92 Å². The summed E-state index contributed by atoms with van der Waals surface area (Å²) in [6.07, 6.45) is 3.94. The standard InChI is InChI=1S/C11H14NO2/c1-2-3-4-6-10-7-5-8-11(9-10)12(13)14/h5,7-9H,1-4,6H2. The monoisotopic (exact) mass is 192 g/mol. The van der Waals surface area contributed by atoms with Crippen LogP contribution in [0.25, 0.3) is 0 Å². The van der Waals surface area contributed by atoms with Gasteiger partial charge in [-0.15, -0.1) is 0 Å². The van der Waals surface area contributed by atoms with Crippen LogP contribution in [0.15, 0.2) is 24.3 Å². The summed E-state index contributed by atoms with van der Waals surface area (Å²) in [6.45, 7) is 3.75. The van der Waals surface area contributed by atoms with E-state index in [0.29, 0.717) is 0 Å². The van der Waals surface area contributed by atoms with Crippen molar-refractivity contribution in [1.82, 2.24) is 0 Å². The molecule has 0 amide bonds. The number of unbranched alkanes of at least 4 members (excludes halogenated alkanes) is 2. The molecule has 0 aliphatic rings. The van der Waals surface area contributed by atoms with Crippen LogP contribution in [0.2, 0.25) is 0 Å². The first-order chi connectivity index (χ1) is 6.74. The van der Waals surface area contributed by atoms with Gasteiger partial charge in [0.05, 0.1) is 4.92 Å². The van der Waals surface area contributed by atoms with Crippen LogP contribution in [0, 0.1) is 17.0 Å². The number of hydrogen-bond acceptors (Lipinski definition) is 2. The molecule has 0 unspecified atom stereocenters. The zero-order valence-corrected chi connectivity index (χ0v) is 8.11. The predicted octanol–water partition coefficient (Wildman–Crippen LogP) is 3.14. The van der Waals surface area contributed by atoms with Crippen LogP contribution in [0.1, 0.15) is 24.8 Å². The minimum Gasteiger partial charge on any atom is -0.258 e. The van der Waals surface area contributed by atoms with Gasteiger partial charge in [-0.05, 0) is 18.4 Å². The van der Waals surface area contributed by atoms with Crippen molar-refractivity contribution >= 4 is 5.69 Å². The van der Waals surface area contributed by atoms with E-state index in [4.69, 9.17) is 0 Å². The highest BCUT2D eigenvalue weighted by Crippen LogP contribution is 2.15. The SMILES string of the molecule is [CH2]CCCCc1cccc([N+](=O)[O-])c1. The zero-order valence-electron chi connectivity index (χ0n) is 8.11. The lowest BCUT2D eigenvalue weighted by Gasteiger charge is -1.99. The first-order valence-corrected chi connectivity index (χ1v) is 4.76. The molecule has 0 aliphatic carbocycles. The van der Waals surface area contributed by atoms with E-state index < -0.39 is 0 Å². The molecule has 0 heterocycles. The first kappa shape index (κ1) is 10.7. The van der Waals surface area contributed by atoms with E-state index in [-0.39, 0.29) is 10.6 Å². The molecular weight excluding hydrogens is 178 g/mol. The Morgan fingerprint density at radius 2 is 2.14 bits per heavy atom.